The Bertz CT molecular complexity index is 1070. The topological polar surface area (TPSA) is 67.7 Å². The van der Waals surface area contributed by atoms with Crippen molar-refractivity contribution >= 4 is 16.9 Å². The number of nitrogens with zero attached hydrogens (tertiary/aromatic N) is 4. The molecule has 0 saturated carbocycles. The molecule has 0 radical (unpaired) electrons. The molecule has 2 aromatic carbocycles. The van der Waals surface area contributed by atoms with Crippen molar-refractivity contribution in [3.8, 4) is 0 Å². The van der Waals surface area contributed by atoms with Gasteiger partial charge in [0.2, 0.25) is 0 Å². The van der Waals surface area contributed by atoms with Crippen molar-refractivity contribution in [3.63, 3.8) is 0 Å². The number of carbonyl (C=O) groups excluding carboxylic acids is 1. The molecular weight excluding hydrogens is 368 g/mol. The SMILES string of the molecule is C[C@@H](OC(=O)c1ccccc1)c1nc2ccccc2c(=O)n1N1CCN(C)CC1. The number of fused-ring (bicyclic) bond motifs is 1. The van der Waals surface area contributed by atoms with Gasteiger partial charge in [-0.1, -0.05) is 30.3 Å². The van der Waals surface area contributed by atoms with Crippen LogP contribution in [0.25, 0.3) is 10.9 Å². The summed E-state index contributed by atoms with van der Waals surface area (Å²) in [6, 6.07) is 16.1. The minimum absolute atomic E-state index is 0.141. The van der Waals surface area contributed by atoms with Gasteiger partial charge in [-0.2, -0.15) is 0 Å². The number of hydrogen-bond acceptors (Lipinski definition) is 6. The molecule has 0 spiro atoms. The number of aromatic nitrogens is 2. The van der Waals surface area contributed by atoms with E-state index in [0.29, 0.717) is 35.4 Å². The van der Waals surface area contributed by atoms with E-state index in [1.807, 2.05) is 23.2 Å². The van der Waals surface area contributed by atoms with Gasteiger partial charge in [0.25, 0.3) is 5.56 Å². The van der Waals surface area contributed by atoms with E-state index in [0.717, 1.165) is 13.1 Å². The number of hydrogen-bond donors (Lipinski definition) is 0. The van der Waals surface area contributed by atoms with Gasteiger partial charge in [0, 0.05) is 26.2 Å². The normalized spacial score (nSPS) is 16.0. The van der Waals surface area contributed by atoms with E-state index in [9.17, 15) is 9.59 Å². The molecule has 150 valence electrons. The van der Waals surface area contributed by atoms with Crippen molar-refractivity contribution in [2.45, 2.75) is 13.0 Å². The lowest BCUT2D eigenvalue weighted by atomic mass is 10.2. The Kier molecular flexibility index (Phi) is 5.31. The van der Waals surface area contributed by atoms with Gasteiger partial charge in [0.05, 0.1) is 16.5 Å². The summed E-state index contributed by atoms with van der Waals surface area (Å²) in [6.07, 6.45) is -0.681. The molecule has 1 fully saturated rings. The Morgan fingerprint density at radius 2 is 1.66 bits per heavy atom. The van der Waals surface area contributed by atoms with Crippen LogP contribution in [0.4, 0.5) is 0 Å². The van der Waals surface area contributed by atoms with E-state index in [-0.39, 0.29) is 5.56 Å². The summed E-state index contributed by atoms with van der Waals surface area (Å²) in [6.45, 7) is 4.84. The van der Waals surface area contributed by atoms with Gasteiger partial charge in [-0.3, -0.25) is 4.79 Å². The third kappa shape index (κ3) is 3.86. The van der Waals surface area contributed by atoms with E-state index < -0.39 is 12.1 Å². The Morgan fingerprint density at radius 1 is 1.00 bits per heavy atom. The Morgan fingerprint density at radius 3 is 2.38 bits per heavy atom. The molecule has 7 nitrogen and oxygen atoms in total. The second-order valence-electron chi connectivity index (χ2n) is 7.27. The number of carbonyl (C=O) groups is 1. The molecular formula is C22H24N4O3. The molecule has 0 bridgehead atoms. The molecule has 1 aliphatic rings. The van der Waals surface area contributed by atoms with Crippen molar-refractivity contribution in [1.82, 2.24) is 14.6 Å². The Labute approximate surface area is 169 Å². The monoisotopic (exact) mass is 392 g/mol. The fraction of sp³-hybridized carbons (Fsp3) is 0.318. The predicted octanol–water partition coefficient (Wildman–Crippen LogP) is 2.20. The number of piperazine rings is 1. The van der Waals surface area contributed by atoms with Crippen LogP contribution in [0.2, 0.25) is 0 Å². The molecule has 4 rings (SSSR count). The lowest BCUT2D eigenvalue weighted by Gasteiger charge is -2.36. The molecule has 1 aliphatic heterocycles. The lowest BCUT2D eigenvalue weighted by Crippen LogP contribution is -2.54. The maximum absolute atomic E-state index is 13.3. The van der Waals surface area contributed by atoms with Crippen LogP contribution in [0.15, 0.2) is 59.4 Å². The third-order valence-electron chi connectivity index (χ3n) is 5.20. The van der Waals surface area contributed by atoms with E-state index in [2.05, 4.69) is 11.9 Å². The summed E-state index contributed by atoms with van der Waals surface area (Å²) in [5.41, 5.74) is 0.923. The van der Waals surface area contributed by atoms with Crippen LogP contribution in [-0.4, -0.2) is 53.8 Å². The van der Waals surface area contributed by atoms with Crippen molar-refractivity contribution < 1.29 is 9.53 Å². The van der Waals surface area contributed by atoms with Gasteiger partial charge in [0.15, 0.2) is 11.9 Å². The van der Waals surface area contributed by atoms with Crippen LogP contribution in [0.3, 0.4) is 0 Å². The Balaban J connectivity index is 1.74. The second kappa shape index (κ2) is 8.05. The first-order valence-electron chi connectivity index (χ1n) is 9.76. The molecule has 7 heteroatoms. The molecule has 0 unspecified atom stereocenters. The number of rotatable bonds is 4. The zero-order valence-corrected chi connectivity index (χ0v) is 16.6. The minimum Gasteiger partial charge on any atom is -0.451 e. The van der Waals surface area contributed by atoms with Gasteiger partial charge in [-0.15, -0.1) is 0 Å². The fourth-order valence-electron chi connectivity index (χ4n) is 3.53. The van der Waals surface area contributed by atoms with Crippen LogP contribution >= 0.6 is 0 Å². The van der Waals surface area contributed by atoms with E-state index in [4.69, 9.17) is 9.72 Å². The van der Waals surface area contributed by atoms with E-state index in [1.165, 1.54) is 0 Å². The quantitative estimate of drug-likeness (QED) is 0.634. The number of ether oxygens (including phenoxy) is 1. The van der Waals surface area contributed by atoms with Crippen molar-refractivity contribution in [1.29, 1.82) is 0 Å². The van der Waals surface area contributed by atoms with Gasteiger partial charge in [0.1, 0.15) is 0 Å². The van der Waals surface area contributed by atoms with Crippen LogP contribution < -0.4 is 10.6 Å². The van der Waals surface area contributed by atoms with Gasteiger partial charge < -0.3 is 14.6 Å². The summed E-state index contributed by atoms with van der Waals surface area (Å²) < 4.78 is 7.28. The average molecular weight is 392 g/mol. The van der Waals surface area contributed by atoms with Crippen molar-refractivity contribution in [2.75, 3.05) is 38.2 Å². The molecule has 29 heavy (non-hydrogen) atoms. The molecule has 1 saturated heterocycles. The molecule has 0 amide bonds. The highest BCUT2D eigenvalue weighted by Gasteiger charge is 2.25. The summed E-state index contributed by atoms with van der Waals surface area (Å²) in [7, 11) is 2.06. The number of esters is 1. The van der Waals surface area contributed by atoms with Crippen molar-refractivity contribution in [2.24, 2.45) is 0 Å². The van der Waals surface area contributed by atoms with Gasteiger partial charge >= 0.3 is 5.97 Å². The maximum Gasteiger partial charge on any atom is 0.338 e. The first-order chi connectivity index (χ1) is 14.0. The minimum atomic E-state index is -0.681. The van der Waals surface area contributed by atoms with E-state index >= 15 is 0 Å². The highest BCUT2D eigenvalue weighted by atomic mass is 16.5. The maximum atomic E-state index is 13.3. The summed E-state index contributed by atoms with van der Waals surface area (Å²) in [5.74, 6) is -0.00651. The van der Waals surface area contributed by atoms with Crippen LogP contribution in [0.1, 0.15) is 29.2 Å². The highest BCUT2D eigenvalue weighted by molar-refractivity contribution is 5.89. The molecule has 0 N–H and O–H groups in total. The molecule has 1 aromatic heterocycles. The molecule has 3 aromatic rings. The predicted molar refractivity (Wildman–Crippen MR) is 112 cm³/mol. The summed E-state index contributed by atoms with van der Waals surface area (Å²) in [5, 5.41) is 2.54. The smallest absolute Gasteiger partial charge is 0.338 e. The molecule has 2 heterocycles. The van der Waals surface area contributed by atoms with E-state index in [1.54, 1.807) is 48.0 Å². The third-order valence-corrected chi connectivity index (χ3v) is 5.20. The molecule has 0 aliphatic carbocycles. The van der Waals surface area contributed by atoms with Crippen LogP contribution in [0, 0.1) is 0 Å². The summed E-state index contributed by atoms with van der Waals surface area (Å²) >= 11 is 0. The fourth-order valence-corrected chi connectivity index (χ4v) is 3.53. The average Bonchev–Trinajstić information content (AvgIpc) is 2.75. The lowest BCUT2D eigenvalue weighted by molar-refractivity contribution is 0.0308. The first kappa shape index (κ1) is 19.1. The standard InChI is InChI=1S/C22H24N4O3/c1-16(29-22(28)17-8-4-3-5-9-17)20-23-19-11-7-6-10-18(19)21(27)26(20)25-14-12-24(2)13-15-25/h3-11,16H,12-15H2,1-2H3/t16-/m1/s1. The van der Waals surface area contributed by atoms with Crippen LogP contribution in [0.5, 0.6) is 0 Å². The number of para-hydroxylation sites is 1. The van der Waals surface area contributed by atoms with Crippen LogP contribution in [-0.2, 0) is 4.74 Å². The summed E-state index contributed by atoms with van der Waals surface area (Å²) in [4.78, 5) is 32.8. The second-order valence-corrected chi connectivity index (χ2v) is 7.27. The highest BCUT2D eigenvalue weighted by Crippen LogP contribution is 2.19. The number of benzene rings is 2. The Hall–Kier alpha value is -3.19. The number of likely N-dealkylation sites (N-methyl/N-ethyl adjacent to an activating group) is 1. The first-order valence-corrected chi connectivity index (χ1v) is 9.76. The van der Waals surface area contributed by atoms with Crippen molar-refractivity contribution in [3.05, 3.63) is 76.3 Å². The zero-order chi connectivity index (χ0) is 20.4. The zero-order valence-electron chi connectivity index (χ0n) is 16.6. The van der Waals surface area contributed by atoms with Gasteiger partial charge in [-0.05, 0) is 38.2 Å². The molecule has 1 atom stereocenters. The van der Waals surface area contributed by atoms with Gasteiger partial charge in [-0.25, -0.2) is 14.5 Å². The largest absolute Gasteiger partial charge is 0.451 e.